The summed E-state index contributed by atoms with van der Waals surface area (Å²) in [6.07, 6.45) is 0. The van der Waals surface area contributed by atoms with Crippen molar-refractivity contribution in [3.05, 3.63) is 100 Å². The molecule has 0 saturated carbocycles. The highest BCUT2D eigenvalue weighted by molar-refractivity contribution is 6.51. The molecule has 1 aliphatic heterocycles. The second-order valence-corrected chi connectivity index (χ2v) is 11.0. The number of ether oxygens (including phenoxy) is 2. The number of esters is 1. The van der Waals surface area contributed by atoms with Gasteiger partial charge in [0.2, 0.25) is 0 Å². The molecule has 1 N–H and O–H groups in total. The molecule has 0 bridgehead atoms. The maximum atomic E-state index is 13.6. The minimum Gasteiger partial charge on any atom is -0.507 e. The van der Waals surface area contributed by atoms with Crippen LogP contribution in [0.4, 0.5) is 5.69 Å². The number of carbonyl (C=O) groups is 3. The lowest BCUT2D eigenvalue weighted by Gasteiger charge is -2.26. The summed E-state index contributed by atoms with van der Waals surface area (Å²) in [6.45, 7) is 12.6. The zero-order chi connectivity index (χ0) is 29.8. The van der Waals surface area contributed by atoms with Crippen LogP contribution in [0.2, 0.25) is 0 Å². The van der Waals surface area contributed by atoms with Gasteiger partial charge in [-0.05, 0) is 79.3 Å². The Kier molecular flexibility index (Phi) is 8.96. The first-order chi connectivity index (χ1) is 19.5. The van der Waals surface area contributed by atoms with Gasteiger partial charge in [0.05, 0.1) is 30.4 Å². The van der Waals surface area contributed by atoms with Gasteiger partial charge in [-0.15, -0.1) is 0 Å². The van der Waals surface area contributed by atoms with Crippen molar-refractivity contribution >= 4 is 29.1 Å². The van der Waals surface area contributed by atoms with E-state index in [0.717, 1.165) is 11.1 Å². The third-order valence-electron chi connectivity index (χ3n) is 6.94. The summed E-state index contributed by atoms with van der Waals surface area (Å²) < 4.78 is 11.1. The molecule has 1 atom stereocenters. The number of carbonyl (C=O) groups excluding carboxylic acids is 3. The van der Waals surface area contributed by atoms with Crippen molar-refractivity contribution in [3.8, 4) is 5.75 Å². The summed E-state index contributed by atoms with van der Waals surface area (Å²) in [7, 11) is 0. The van der Waals surface area contributed by atoms with E-state index in [0.29, 0.717) is 41.3 Å². The van der Waals surface area contributed by atoms with E-state index in [-0.39, 0.29) is 23.2 Å². The van der Waals surface area contributed by atoms with Crippen LogP contribution in [0.15, 0.2) is 72.3 Å². The first kappa shape index (κ1) is 29.6. The van der Waals surface area contributed by atoms with Gasteiger partial charge in [0.15, 0.2) is 0 Å². The predicted molar refractivity (Wildman–Crippen MR) is 159 cm³/mol. The van der Waals surface area contributed by atoms with Crippen LogP contribution in [0, 0.1) is 12.8 Å². The van der Waals surface area contributed by atoms with Crippen LogP contribution in [-0.4, -0.2) is 36.0 Å². The minimum absolute atomic E-state index is 0.000106. The highest BCUT2D eigenvalue weighted by Gasteiger charge is 2.47. The lowest BCUT2D eigenvalue weighted by molar-refractivity contribution is -0.132. The molecule has 41 heavy (non-hydrogen) atoms. The number of amides is 1. The van der Waals surface area contributed by atoms with Crippen LogP contribution in [0.1, 0.15) is 79.2 Å². The Morgan fingerprint density at radius 3 is 2.24 bits per heavy atom. The largest absolute Gasteiger partial charge is 0.507 e. The summed E-state index contributed by atoms with van der Waals surface area (Å²) in [5, 5.41) is 11.6. The molecule has 1 saturated heterocycles. The van der Waals surface area contributed by atoms with E-state index < -0.39 is 23.7 Å². The van der Waals surface area contributed by atoms with Crippen molar-refractivity contribution in [3.63, 3.8) is 0 Å². The van der Waals surface area contributed by atoms with Crippen molar-refractivity contribution in [1.29, 1.82) is 0 Å². The fourth-order valence-corrected chi connectivity index (χ4v) is 4.93. The van der Waals surface area contributed by atoms with E-state index in [1.165, 1.54) is 4.90 Å². The summed E-state index contributed by atoms with van der Waals surface area (Å²) in [4.78, 5) is 41.0. The molecule has 1 heterocycles. The van der Waals surface area contributed by atoms with Crippen molar-refractivity contribution < 1.29 is 29.0 Å². The molecule has 7 nitrogen and oxygen atoms in total. The average molecular weight is 556 g/mol. The molecule has 1 fully saturated rings. The molecule has 0 aromatic heterocycles. The topological polar surface area (TPSA) is 93.1 Å². The molecular formula is C34H37NO6. The van der Waals surface area contributed by atoms with Gasteiger partial charge in [-0.1, -0.05) is 57.5 Å². The molecule has 1 aliphatic rings. The molecule has 0 radical (unpaired) electrons. The Labute approximate surface area is 241 Å². The van der Waals surface area contributed by atoms with E-state index in [1.54, 1.807) is 36.4 Å². The Morgan fingerprint density at radius 2 is 1.63 bits per heavy atom. The van der Waals surface area contributed by atoms with Crippen LogP contribution in [0.25, 0.3) is 5.76 Å². The van der Waals surface area contributed by atoms with Crippen LogP contribution in [0.3, 0.4) is 0 Å². The van der Waals surface area contributed by atoms with Crippen LogP contribution in [-0.2, 0) is 14.3 Å². The van der Waals surface area contributed by atoms with Crippen LogP contribution in [0.5, 0.6) is 5.75 Å². The van der Waals surface area contributed by atoms with Crippen molar-refractivity contribution in [2.45, 2.75) is 53.5 Å². The number of anilines is 1. The zero-order valence-electron chi connectivity index (χ0n) is 24.4. The quantitative estimate of drug-likeness (QED) is 0.133. The minimum atomic E-state index is -0.872. The number of hydrogen-bond donors (Lipinski definition) is 1. The van der Waals surface area contributed by atoms with Gasteiger partial charge in [0, 0.05) is 11.3 Å². The zero-order valence-corrected chi connectivity index (χ0v) is 24.4. The summed E-state index contributed by atoms with van der Waals surface area (Å²) >= 11 is 0. The van der Waals surface area contributed by atoms with Gasteiger partial charge >= 0.3 is 5.97 Å². The number of rotatable bonds is 9. The second kappa shape index (κ2) is 12.4. The van der Waals surface area contributed by atoms with Gasteiger partial charge < -0.3 is 14.6 Å². The number of nitrogens with zero attached hydrogens (tertiary/aromatic N) is 1. The van der Waals surface area contributed by atoms with Gasteiger partial charge in [-0.3, -0.25) is 14.5 Å². The molecule has 0 aliphatic carbocycles. The molecule has 7 heteroatoms. The van der Waals surface area contributed by atoms with E-state index in [1.807, 2.05) is 71.9 Å². The highest BCUT2D eigenvalue weighted by Crippen LogP contribution is 2.43. The standard InChI is InChI=1S/C34H37NO6/c1-7-40-28-16-13-25(18-27(28)21(4)5)31(36)29-30(24-10-8-9-22(6)17-24)35(33(38)32(29)37)26-14-11-23(12-15-26)34(39)41-19-20(2)3/h8-18,20-21,30,36H,7,19H2,1-6H3/b31-29-. The van der Waals surface area contributed by atoms with Gasteiger partial charge in [0.1, 0.15) is 11.5 Å². The Morgan fingerprint density at radius 1 is 0.951 bits per heavy atom. The third-order valence-corrected chi connectivity index (χ3v) is 6.94. The second-order valence-electron chi connectivity index (χ2n) is 11.0. The highest BCUT2D eigenvalue weighted by atomic mass is 16.5. The van der Waals surface area contributed by atoms with E-state index in [4.69, 9.17) is 9.47 Å². The van der Waals surface area contributed by atoms with Crippen molar-refractivity contribution in [2.75, 3.05) is 18.1 Å². The van der Waals surface area contributed by atoms with Gasteiger partial charge in [0.25, 0.3) is 11.7 Å². The van der Waals surface area contributed by atoms with Crippen molar-refractivity contribution in [1.82, 2.24) is 0 Å². The third kappa shape index (κ3) is 6.19. The smallest absolute Gasteiger partial charge is 0.338 e. The van der Waals surface area contributed by atoms with E-state index >= 15 is 0 Å². The maximum Gasteiger partial charge on any atom is 0.338 e. The van der Waals surface area contributed by atoms with Crippen LogP contribution >= 0.6 is 0 Å². The Hall–Kier alpha value is -4.39. The molecule has 3 aromatic rings. The number of aliphatic hydroxyl groups is 1. The first-order valence-electron chi connectivity index (χ1n) is 13.9. The molecule has 4 rings (SSSR count). The lowest BCUT2D eigenvalue weighted by atomic mass is 9.92. The average Bonchev–Trinajstić information content (AvgIpc) is 3.21. The molecule has 0 spiro atoms. The molecular weight excluding hydrogens is 518 g/mol. The first-order valence-corrected chi connectivity index (χ1v) is 13.9. The Balaban J connectivity index is 1.83. The number of hydrogen-bond acceptors (Lipinski definition) is 6. The normalized spacial score (nSPS) is 16.5. The van der Waals surface area contributed by atoms with Crippen LogP contribution < -0.4 is 9.64 Å². The molecule has 1 unspecified atom stereocenters. The predicted octanol–water partition coefficient (Wildman–Crippen LogP) is 6.96. The number of Topliss-reactive ketones (excluding diaryl/α,β-unsaturated/α-hetero) is 1. The SMILES string of the molecule is CCOc1ccc(/C(O)=C2/C(=O)C(=O)N(c3ccc(C(=O)OCC(C)C)cc3)C2c2cccc(C)c2)cc1C(C)C. The summed E-state index contributed by atoms with van der Waals surface area (Å²) in [5.74, 6) is -1.24. The van der Waals surface area contributed by atoms with E-state index in [9.17, 15) is 19.5 Å². The monoisotopic (exact) mass is 555 g/mol. The fraction of sp³-hybridized carbons (Fsp3) is 0.324. The molecule has 214 valence electrons. The summed E-state index contributed by atoms with van der Waals surface area (Å²) in [6, 6.07) is 18.3. The number of aryl methyl sites for hydroxylation is 1. The lowest BCUT2D eigenvalue weighted by Crippen LogP contribution is -2.29. The maximum absolute atomic E-state index is 13.6. The van der Waals surface area contributed by atoms with Crippen molar-refractivity contribution in [2.24, 2.45) is 5.92 Å². The number of ketones is 1. The molecule has 3 aromatic carbocycles. The fourth-order valence-electron chi connectivity index (χ4n) is 4.93. The number of aliphatic hydroxyl groups excluding tert-OH is 1. The van der Waals surface area contributed by atoms with Gasteiger partial charge in [-0.25, -0.2) is 4.79 Å². The molecule has 1 amide bonds. The Bertz CT molecular complexity index is 1490. The number of benzene rings is 3. The summed E-state index contributed by atoms with van der Waals surface area (Å²) in [5.41, 5.74) is 3.70. The van der Waals surface area contributed by atoms with Gasteiger partial charge in [-0.2, -0.15) is 0 Å². The van der Waals surface area contributed by atoms with E-state index in [2.05, 4.69) is 0 Å².